The van der Waals surface area contributed by atoms with Gasteiger partial charge in [-0.25, -0.2) is 24.7 Å². The molecule has 0 aliphatic carbocycles. The summed E-state index contributed by atoms with van der Waals surface area (Å²) in [5.41, 5.74) is 6.07. The number of carboxylic acids is 1. The lowest BCUT2D eigenvalue weighted by atomic mass is 9.78. The van der Waals surface area contributed by atoms with E-state index in [4.69, 9.17) is 57.3 Å². The van der Waals surface area contributed by atoms with Crippen LogP contribution in [0.1, 0.15) is 109 Å². The number of ether oxygens (including phenoxy) is 2. The quantitative estimate of drug-likeness (QED) is 0.0845. The van der Waals surface area contributed by atoms with E-state index in [1.165, 1.54) is 48.9 Å². The number of aryl methyl sites for hydroxylation is 2. The van der Waals surface area contributed by atoms with Crippen molar-refractivity contribution in [3.05, 3.63) is 142 Å². The minimum absolute atomic E-state index is 0. The number of pyridine rings is 6. The Morgan fingerprint density at radius 2 is 1.08 bits per heavy atom. The molecule has 1 aliphatic heterocycles. The van der Waals surface area contributed by atoms with Crippen LogP contribution in [0, 0.1) is 17.6 Å². The highest BCUT2D eigenvalue weighted by molar-refractivity contribution is 14.1. The average Bonchev–Trinajstić information content (AvgIpc) is 1.86. The maximum atomic E-state index is 12.0. The highest BCUT2D eigenvalue weighted by atomic mass is 127. The number of amides is 3. The van der Waals surface area contributed by atoms with Crippen LogP contribution in [0.4, 0.5) is 0 Å². The molecule has 0 saturated carbocycles. The molecule has 8 aromatic rings. The first kappa shape index (κ1) is 74.5. The molecule has 9 heterocycles. The van der Waals surface area contributed by atoms with Gasteiger partial charge in [-0.2, -0.15) is 9.12 Å². The largest absolute Gasteiger partial charge is 0.496 e. The Morgan fingerprint density at radius 3 is 1.51 bits per heavy atom. The molecule has 1 N–H and O–H groups in total. The minimum atomic E-state index is -1.07. The number of carbonyl (C=O) groups excluding carboxylic acids is 3. The molecule has 0 spiro atoms. The Kier molecular flexibility index (Phi) is 30.5. The molecule has 1 atom stereocenters. The molecule has 0 bridgehead atoms. The number of halogens is 5. The third-order valence-electron chi connectivity index (χ3n) is 11.8. The number of carbonyl (C=O) groups is 4. The van der Waals surface area contributed by atoms with Gasteiger partial charge in [0.05, 0.1) is 51.2 Å². The number of hydrogen-bond donors (Lipinski definition) is 1. The normalized spacial score (nSPS) is 12.3. The van der Waals surface area contributed by atoms with Gasteiger partial charge in [-0.05, 0) is 152 Å². The lowest BCUT2D eigenvalue weighted by Crippen LogP contribution is -2.41. The summed E-state index contributed by atoms with van der Waals surface area (Å²) < 4.78 is 41.6. The minimum Gasteiger partial charge on any atom is -0.480 e. The maximum Gasteiger partial charge on any atom is 0.496 e. The second-order valence-corrected chi connectivity index (χ2v) is 23.0. The number of methoxy groups -OCH3 is 2. The van der Waals surface area contributed by atoms with Crippen LogP contribution in [0.25, 0.3) is 33.5 Å². The van der Waals surface area contributed by atoms with Gasteiger partial charge < -0.3 is 47.4 Å². The van der Waals surface area contributed by atoms with Crippen LogP contribution < -0.4 is 14.9 Å². The van der Waals surface area contributed by atoms with E-state index in [1.807, 2.05) is 59.7 Å². The van der Waals surface area contributed by atoms with Crippen LogP contribution in [0.3, 0.4) is 0 Å². The number of fused-ring (bicyclic) bond motifs is 2. The van der Waals surface area contributed by atoms with Crippen molar-refractivity contribution in [3.8, 4) is 23.1 Å². The third-order valence-corrected chi connectivity index (χ3v) is 14.3. The molecule has 461 valence electrons. The highest BCUT2D eigenvalue weighted by Gasteiger charge is 2.52. The van der Waals surface area contributed by atoms with Crippen molar-refractivity contribution in [1.29, 1.82) is 1.34 Å². The smallest absolute Gasteiger partial charge is 0.480 e. The van der Waals surface area contributed by atoms with Crippen molar-refractivity contribution >= 4 is 153 Å². The molecular formula is C58H72B2Br2Cl2IN9O11P. The Hall–Kier alpha value is -5.79. The van der Waals surface area contributed by atoms with Gasteiger partial charge >= 0.3 is 13.1 Å². The second kappa shape index (κ2) is 35.3. The van der Waals surface area contributed by atoms with Crippen molar-refractivity contribution in [2.24, 2.45) is 0 Å². The van der Waals surface area contributed by atoms with E-state index in [9.17, 15) is 19.2 Å². The number of nitrogens with zero attached hydrogens (tertiary/aromatic N) is 9. The Labute approximate surface area is 548 Å². The molecule has 1 unspecified atom stereocenters. The first-order valence-corrected chi connectivity index (χ1v) is 29.7. The molecule has 0 aromatic carbocycles. The van der Waals surface area contributed by atoms with Crippen LogP contribution in [0.5, 0.6) is 11.8 Å². The van der Waals surface area contributed by atoms with E-state index < -0.39 is 13.1 Å². The second-order valence-electron chi connectivity index (χ2n) is 19.5. The fourth-order valence-corrected chi connectivity index (χ4v) is 8.27. The topological polar surface area (TPSA) is 239 Å². The summed E-state index contributed by atoms with van der Waals surface area (Å²) in [5.74, 6) is -0.365. The number of aromatic nitrogens is 6. The molecule has 9 rings (SSSR count). The average molecular weight is 1480 g/mol. The number of hydrogen-bond acceptors (Lipinski definition) is 16. The number of rotatable bonds is 8. The summed E-state index contributed by atoms with van der Waals surface area (Å²) in [6.07, 6.45) is 4.52. The van der Waals surface area contributed by atoms with E-state index in [1.54, 1.807) is 103 Å². The van der Waals surface area contributed by atoms with Crippen LogP contribution in [0.15, 0.2) is 103 Å². The number of carboxylic acid groups (broad SMARTS) is 1. The molecule has 1 saturated heterocycles. The molecular weight excluding hydrogens is 1410 g/mol. The van der Waals surface area contributed by atoms with E-state index in [0.29, 0.717) is 65.5 Å². The van der Waals surface area contributed by atoms with Crippen molar-refractivity contribution in [1.82, 2.24) is 44.6 Å². The Bertz CT molecular complexity index is 3590. The molecule has 1 fully saturated rings. The molecule has 3 amide bonds. The van der Waals surface area contributed by atoms with Gasteiger partial charge in [0.25, 0.3) is 17.7 Å². The zero-order valence-corrected chi connectivity index (χ0v) is 58.0. The van der Waals surface area contributed by atoms with Gasteiger partial charge in [0, 0.05) is 82.4 Å². The van der Waals surface area contributed by atoms with Crippen LogP contribution in [0.2, 0.25) is 10.0 Å². The van der Waals surface area contributed by atoms with Crippen molar-refractivity contribution in [3.63, 3.8) is 0 Å². The van der Waals surface area contributed by atoms with Gasteiger partial charge in [-0.15, -0.1) is 0 Å². The third kappa shape index (κ3) is 20.9. The van der Waals surface area contributed by atoms with Gasteiger partial charge in [0.1, 0.15) is 41.4 Å². The van der Waals surface area contributed by atoms with Crippen molar-refractivity contribution in [2.45, 2.75) is 80.4 Å². The van der Waals surface area contributed by atoms with E-state index in [0.717, 1.165) is 30.6 Å². The molecule has 1 radical (unpaired) electrons. The zero-order chi connectivity index (χ0) is 65.0. The summed E-state index contributed by atoms with van der Waals surface area (Å²) in [6, 6.07) is 20.4. The SMILES string of the molecule is C.CCC.COc1nc(C(=O)N(C)C)ccc1-c1cc2nccc(Cl)c2o1.COc1nc(C(=O)O)ccc1Br.Cc1nc(C(=O)N(C)C)ccc1B1OC(C)(C)C(C)(C)O1.Cc1nc(C(=O)N(C)C)ccc1Br.Clc1ccnc2cc(I)oc12.[2H][B]P. The van der Waals surface area contributed by atoms with E-state index >= 15 is 0 Å². The van der Waals surface area contributed by atoms with Crippen molar-refractivity contribution in [2.75, 3.05) is 56.5 Å². The lowest BCUT2D eigenvalue weighted by molar-refractivity contribution is 0.00578. The van der Waals surface area contributed by atoms with Gasteiger partial charge in [-0.1, -0.05) is 57.0 Å². The first-order valence-electron chi connectivity index (χ1n) is 26.2. The number of aromatic carboxylic acids is 1. The van der Waals surface area contributed by atoms with Gasteiger partial charge in [-0.3, -0.25) is 24.4 Å². The summed E-state index contributed by atoms with van der Waals surface area (Å²) in [7, 11) is 15.9. The molecule has 28 heteroatoms. The summed E-state index contributed by atoms with van der Waals surface area (Å²) in [4.78, 5) is 75.1. The fourth-order valence-electron chi connectivity index (χ4n) is 6.77. The molecule has 86 heavy (non-hydrogen) atoms. The zero-order valence-electron chi connectivity index (χ0n) is 51.0. The summed E-state index contributed by atoms with van der Waals surface area (Å²) in [5, 5.41) is 9.65. The Morgan fingerprint density at radius 1 is 0.674 bits per heavy atom. The first-order chi connectivity index (χ1) is 40.3. The summed E-state index contributed by atoms with van der Waals surface area (Å²) in [6.45, 7) is 16.0. The monoisotopic (exact) mass is 1480 g/mol. The Balaban J connectivity index is 0.000000371. The lowest BCUT2D eigenvalue weighted by Gasteiger charge is -2.32. The standard InChI is InChI=1S/C16H14ClN3O3.C15H23BN2O3.C9H11BrN2O.C7H6BrNO3.C7H3ClINO.C3H8.CH4.BH3P/c1-20(2)16(21)11-5-4-9(15(19-11)22-3)13-8-12-14(23-13)10(17)6-7-18-12;1-10-11(8-9-12(17-10)13(19)18(6)7)16-20-14(2,3)15(4,5)21-16;1-6-7(10)4-5-8(11-6)9(13)12(2)3;1-12-6-4(8)2-3-5(9-6)7(10)11;8-4-1-2-10-5-3-6(9)11-7(4)5;1-3-2;;1-2/h4-8H,1-3H3;8-9H,1-7H3;4-5H,1-3H3;2-3H,1H3,(H,10,11);1-3H;3H2,1-2H3;1H4;1H,2H2/i;;;;;;;1D. The van der Waals surface area contributed by atoms with Crippen LogP contribution >= 0.6 is 86.8 Å². The number of furan rings is 2. The van der Waals surface area contributed by atoms with Crippen molar-refractivity contribution < 1.29 is 51.9 Å². The maximum absolute atomic E-state index is 12.0. The highest BCUT2D eigenvalue weighted by Crippen LogP contribution is 2.37. The van der Waals surface area contributed by atoms with Crippen LogP contribution in [-0.4, -0.2) is 157 Å². The molecule has 8 aromatic heterocycles. The summed E-state index contributed by atoms with van der Waals surface area (Å²) >= 11 is 20.5. The van der Waals surface area contributed by atoms with Gasteiger partial charge in [0.15, 0.2) is 20.6 Å². The predicted octanol–water partition coefficient (Wildman–Crippen LogP) is 12.9. The molecule has 20 nitrogen and oxygen atoms in total. The van der Waals surface area contributed by atoms with Gasteiger partial charge in [0.2, 0.25) is 11.8 Å². The molecule has 1 aliphatic rings. The fraction of sp³-hybridized carbons (Fsp3) is 0.345. The van der Waals surface area contributed by atoms with E-state index in [2.05, 4.69) is 107 Å². The van der Waals surface area contributed by atoms with E-state index in [-0.39, 0.29) is 47.9 Å². The predicted molar refractivity (Wildman–Crippen MR) is 361 cm³/mol. The van der Waals surface area contributed by atoms with Crippen LogP contribution in [-0.2, 0) is 9.31 Å².